The lowest BCUT2D eigenvalue weighted by molar-refractivity contribution is 0.0821. The highest BCUT2D eigenvalue weighted by Crippen LogP contribution is 2.18. The van der Waals surface area contributed by atoms with Gasteiger partial charge in [-0.15, -0.1) is 0 Å². The number of rotatable bonds is 7. The van der Waals surface area contributed by atoms with Gasteiger partial charge in [0.05, 0.1) is 10.7 Å². The van der Waals surface area contributed by atoms with Gasteiger partial charge in [-0.25, -0.2) is 4.98 Å². The van der Waals surface area contributed by atoms with E-state index in [0.717, 1.165) is 30.9 Å². The van der Waals surface area contributed by atoms with E-state index in [1.165, 1.54) is 10.9 Å². The first-order valence-electron chi connectivity index (χ1n) is 9.67. The van der Waals surface area contributed by atoms with E-state index in [0.29, 0.717) is 17.3 Å². The zero-order valence-corrected chi connectivity index (χ0v) is 17.4. The molecule has 1 N–H and O–H groups in total. The minimum atomic E-state index is -0.111. The van der Waals surface area contributed by atoms with E-state index >= 15 is 0 Å². The highest BCUT2D eigenvalue weighted by molar-refractivity contribution is 6.30. The van der Waals surface area contributed by atoms with Crippen molar-refractivity contribution in [2.45, 2.75) is 19.5 Å². The van der Waals surface area contributed by atoms with E-state index in [-0.39, 0.29) is 5.91 Å². The first-order valence-corrected chi connectivity index (χ1v) is 10.0. The Bertz CT molecular complexity index is 1160. The summed E-state index contributed by atoms with van der Waals surface area (Å²) in [5, 5.41) is 5.33. The molecule has 1 aromatic carbocycles. The lowest BCUT2D eigenvalue weighted by atomic mass is 10.2. The summed E-state index contributed by atoms with van der Waals surface area (Å²) < 4.78 is 4.16. The van der Waals surface area contributed by atoms with E-state index in [2.05, 4.69) is 51.4 Å². The van der Waals surface area contributed by atoms with Gasteiger partial charge in [0.1, 0.15) is 5.65 Å². The Labute approximate surface area is 174 Å². The molecule has 0 unspecified atom stereocenters. The molecule has 0 spiro atoms. The number of amides is 1. The summed E-state index contributed by atoms with van der Waals surface area (Å²) >= 11 is 6.16. The molecule has 0 fully saturated rings. The molecule has 0 bridgehead atoms. The second-order valence-corrected chi connectivity index (χ2v) is 7.72. The molecule has 1 amide bonds. The molecular formula is C22H24ClN5O. The third kappa shape index (κ3) is 3.99. The summed E-state index contributed by atoms with van der Waals surface area (Å²) in [6, 6.07) is 14.2. The molecule has 4 rings (SSSR count). The van der Waals surface area contributed by atoms with Crippen molar-refractivity contribution in [3.05, 3.63) is 71.3 Å². The Kier molecular flexibility index (Phi) is 5.56. The third-order valence-electron chi connectivity index (χ3n) is 5.02. The smallest absolute Gasteiger partial charge is 0.273 e. The quantitative estimate of drug-likeness (QED) is 0.472. The minimum Gasteiger partial charge on any atom is -0.347 e. The van der Waals surface area contributed by atoms with Crippen molar-refractivity contribution in [1.29, 1.82) is 0 Å². The number of nitrogens with zero attached hydrogens (tertiary/aromatic N) is 4. The monoisotopic (exact) mass is 409 g/mol. The van der Waals surface area contributed by atoms with Crippen molar-refractivity contribution in [2.75, 3.05) is 20.6 Å². The van der Waals surface area contributed by atoms with Crippen LogP contribution in [0.3, 0.4) is 0 Å². The highest BCUT2D eigenvalue weighted by Gasteiger charge is 2.20. The summed E-state index contributed by atoms with van der Waals surface area (Å²) in [4.78, 5) is 18.6. The molecular weight excluding hydrogens is 386 g/mol. The molecule has 0 saturated carbocycles. The molecule has 4 aromatic rings. The van der Waals surface area contributed by atoms with Gasteiger partial charge in [-0.2, -0.15) is 0 Å². The predicted octanol–water partition coefficient (Wildman–Crippen LogP) is 3.82. The Hall–Kier alpha value is -2.83. The van der Waals surface area contributed by atoms with Crippen LogP contribution in [0.2, 0.25) is 5.02 Å². The Morgan fingerprint density at radius 1 is 1.17 bits per heavy atom. The van der Waals surface area contributed by atoms with Crippen molar-refractivity contribution in [3.8, 4) is 0 Å². The van der Waals surface area contributed by atoms with Crippen LogP contribution >= 0.6 is 11.6 Å². The van der Waals surface area contributed by atoms with Gasteiger partial charge in [-0.1, -0.05) is 29.8 Å². The fourth-order valence-electron chi connectivity index (χ4n) is 3.54. The number of pyridine rings is 1. The Morgan fingerprint density at radius 2 is 2.00 bits per heavy atom. The molecule has 0 aliphatic heterocycles. The number of carbonyl (C=O) groups is 1. The van der Waals surface area contributed by atoms with Gasteiger partial charge >= 0.3 is 0 Å². The zero-order valence-electron chi connectivity index (χ0n) is 16.6. The lowest BCUT2D eigenvalue weighted by Crippen LogP contribution is -2.25. The number of fused-ring (bicyclic) bond motifs is 2. The van der Waals surface area contributed by atoms with Gasteiger partial charge in [0.2, 0.25) is 0 Å². The molecule has 150 valence electrons. The highest BCUT2D eigenvalue weighted by atomic mass is 35.5. The van der Waals surface area contributed by atoms with Gasteiger partial charge in [0.15, 0.2) is 5.69 Å². The molecule has 29 heavy (non-hydrogen) atoms. The molecule has 0 saturated heterocycles. The predicted molar refractivity (Wildman–Crippen MR) is 116 cm³/mol. The lowest BCUT2D eigenvalue weighted by Gasteiger charge is -2.11. The number of halogens is 1. The standard InChI is InChI=1S/C22H24ClN5O/c1-26(2)22(29)21-19(28-15-17(23)8-9-20(28)25-21)14-24-11-5-12-27-13-10-16-6-3-4-7-18(16)27/h3-4,6-10,13,15,24H,5,11-12,14H2,1-2H3. The molecule has 3 heterocycles. The van der Waals surface area contributed by atoms with Gasteiger partial charge in [-0.3, -0.25) is 4.79 Å². The number of carbonyl (C=O) groups excluding carboxylic acids is 1. The van der Waals surface area contributed by atoms with Gasteiger partial charge in [0.25, 0.3) is 5.91 Å². The molecule has 6 nitrogen and oxygen atoms in total. The Morgan fingerprint density at radius 3 is 2.83 bits per heavy atom. The second-order valence-electron chi connectivity index (χ2n) is 7.28. The van der Waals surface area contributed by atoms with Crippen LogP contribution in [0.4, 0.5) is 0 Å². The van der Waals surface area contributed by atoms with Gasteiger partial charge in [0, 0.05) is 45.1 Å². The fraction of sp³-hybridized carbons (Fsp3) is 0.273. The van der Waals surface area contributed by atoms with E-state index in [1.807, 2.05) is 10.5 Å². The number of benzene rings is 1. The van der Waals surface area contributed by atoms with Gasteiger partial charge < -0.3 is 19.2 Å². The number of imidazole rings is 1. The first-order chi connectivity index (χ1) is 14.0. The molecule has 0 atom stereocenters. The molecule has 7 heteroatoms. The van der Waals surface area contributed by atoms with Crippen molar-refractivity contribution in [2.24, 2.45) is 0 Å². The summed E-state index contributed by atoms with van der Waals surface area (Å²) in [6.07, 6.45) is 4.91. The number of nitrogens with one attached hydrogen (secondary N) is 1. The molecule has 3 aromatic heterocycles. The third-order valence-corrected chi connectivity index (χ3v) is 5.24. The van der Waals surface area contributed by atoms with Crippen LogP contribution in [0.15, 0.2) is 54.9 Å². The molecule has 0 aliphatic carbocycles. The molecule has 0 aliphatic rings. The van der Waals surface area contributed by atoms with Crippen molar-refractivity contribution in [1.82, 2.24) is 24.2 Å². The van der Waals surface area contributed by atoms with Crippen LogP contribution in [-0.2, 0) is 13.1 Å². The average Bonchev–Trinajstić information content (AvgIpc) is 3.28. The topological polar surface area (TPSA) is 54.6 Å². The van der Waals surface area contributed by atoms with Crippen LogP contribution in [0, 0.1) is 0 Å². The van der Waals surface area contributed by atoms with E-state index in [9.17, 15) is 4.79 Å². The second kappa shape index (κ2) is 8.27. The normalized spacial score (nSPS) is 11.4. The summed E-state index contributed by atoms with van der Waals surface area (Å²) in [5.74, 6) is -0.111. The van der Waals surface area contributed by atoms with Crippen molar-refractivity contribution >= 4 is 34.1 Å². The van der Waals surface area contributed by atoms with Crippen molar-refractivity contribution < 1.29 is 4.79 Å². The average molecular weight is 410 g/mol. The van der Waals surface area contributed by atoms with Crippen LogP contribution in [0.5, 0.6) is 0 Å². The number of aryl methyl sites for hydroxylation is 1. The fourth-order valence-corrected chi connectivity index (χ4v) is 3.70. The number of hydrogen-bond acceptors (Lipinski definition) is 3. The number of para-hydroxylation sites is 1. The first kappa shape index (κ1) is 19.5. The SMILES string of the molecule is CN(C)C(=O)c1nc2ccc(Cl)cn2c1CNCCCn1ccc2ccccc21. The summed E-state index contributed by atoms with van der Waals surface area (Å²) in [7, 11) is 3.47. The maximum absolute atomic E-state index is 12.6. The maximum atomic E-state index is 12.6. The zero-order chi connectivity index (χ0) is 20.4. The maximum Gasteiger partial charge on any atom is 0.273 e. The van der Waals surface area contributed by atoms with E-state index in [1.54, 1.807) is 31.3 Å². The van der Waals surface area contributed by atoms with Crippen LogP contribution in [-0.4, -0.2) is 45.4 Å². The summed E-state index contributed by atoms with van der Waals surface area (Å²) in [5.41, 5.74) is 3.26. The van der Waals surface area contributed by atoms with Gasteiger partial charge in [-0.05, 0) is 42.6 Å². The van der Waals surface area contributed by atoms with Crippen LogP contribution in [0.25, 0.3) is 16.6 Å². The number of hydrogen-bond donors (Lipinski definition) is 1. The van der Waals surface area contributed by atoms with Crippen molar-refractivity contribution in [3.63, 3.8) is 0 Å². The largest absolute Gasteiger partial charge is 0.347 e. The van der Waals surface area contributed by atoms with E-state index < -0.39 is 0 Å². The Balaban J connectivity index is 1.44. The summed E-state index contributed by atoms with van der Waals surface area (Å²) in [6.45, 7) is 2.31. The van der Waals surface area contributed by atoms with Crippen LogP contribution in [0.1, 0.15) is 22.6 Å². The van der Waals surface area contributed by atoms with Crippen LogP contribution < -0.4 is 5.32 Å². The van der Waals surface area contributed by atoms with E-state index in [4.69, 9.17) is 11.6 Å². The molecule has 0 radical (unpaired) electrons. The number of aromatic nitrogens is 3. The minimum absolute atomic E-state index is 0.111.